The zero-order chi connectivity index (χ0) is 15.3. The van der Waals surface area contributed by atoms with Crippen molar-refractivity contribution < 1.29 is 4.79 Å². The van der Waals surface area contributed by atoms with E-state index in [1.54, 1.807) is 0 Å². The lowest BCUT2D eigenvalue weighted by Crippen LogP contribution is -2.58. The van der Waals surface area contributed by atoms with Crippen LogP contribution in [-0.2, 0) is 4.79 Å². The zero-order valence-corrected chi connectivity index (χ0v) is 13.9. The summed E-state index contributed by atoms with van der Waals surface area (Å²) >= 11 is 0. The standard InChI is InChI=1S/C17H33N3O/c1-3-10-20(13-16(21)19-11-4-5-12-19)17(14-18)8-6-15(2)7-9-17/h15H,3-14,18H2,1-2H3. The fourth-order valence-corrected chi connectivity index (χ4v) is 3.93. The Morgan fingerprint density at radius 3 is 2.43 bits per heavy atom. The van der Waals surface area contributed by atoms with Crippen LogP contribution in [0.4, 0.5) is 0 Å². The van der Waals surface area contributed by atoms with E-state index in [0.29, 0.717) is 19.0 Å². The predicted molar refractivity (Wildman–Crippen MR) is 87.1 cm³/mol. The van der Waals surface area contributed by atoms with Crippen LogP contribution in [0.3, 0.4) is 0 Å². The lowest BCUT2D eigenvalue weighted by atomic mass is 9.76. The number of carbonyl (C=O) groups excluding carboxylic acids is 1. The molecule has 2 rings (SSSR count). The van der Waals surface area contributed by atoms with Gasteiger partial charge in [-0.05, 0) is 57.4 Å². The number of nitrogens with zero attached hydrogens (tertiary/aromatic N) is 2. The maximum Gasteiger partial charge on any atom is 0.236 e. The molecule has 2 aliphatic rings. The van der Waals surface area contributed by atoms with E-state index in [9.17, 15) is 4.79 Å². The molecule has 2 fully saturated rings. The second-order valence-corrected chi connectivity index (χ2v) is 7.12. The summed E-state index contributed by atoms with van der Waals surface area (Å²) in [5, 5.41) is 0. The minimum absolute atomic E-state index is 0.0674. The van der Waals surface area contributed by atoms with Crippen LogP contribution in [0.5, 0.6) is 0 Å². The third kappa shape index (κ3) is 3.98. The van der Waals surface area contributed by atoms with Gasteiger partial charge < -0.3 is 10.6 Å². The van der Waals surface area contributed by atoms with E-state index in [1.807, 2.05) is 4.90 Å². The molecule has 21 heavy (non-hydrogen) atoms. The Bertz CT molecular complexity index is 331. The van der Waals surface area contributed by atoms with E-state index in [1.165, 1.54) is 25.7 Å². The van der Waals surface area contributed by atoms with E-state index >= 15 is 0 Å². The molecule has 1 aliphatic carbocycles. The Balaban J connectivity index is 2.03. The molecular weight excluding hydrogens is 262 g/mol. The zero-order valence-electron chi connectivity index (χ0n) is 13.9. The quantitative estimate of drug-likeness (QED) is 0.817. The largest absolute Gasteiger partial charge is 0.342 e. The van der Waals surface area contributed by atoms with E-state index in [0.717, 1.165) is 44.8 Å². The van der Waals surface area contributed by atoms with Crippen LogP contribution in [0.1, 0.15) is 58.8 Å². The third-order valence-corrected chi connectivity index (χ3v) is 5.53. The van der Waals surface area contributed by atoms with E-state index in [-0.39, 0.29) is 5.54 Å². The molecule has 0 unspecified atom stereocenters. The van der Waals surface area contributed by atoms with Gasteiger partial charge in [0, 0.05) is 25.2 Å². The van der Waals surface area contributed by atoms with E-state index in [2.05, 4.69) is 18.7 Å². The van der Waals surface area contributed by atoms with Gasteiger partial charge >= 0.3 is 0 Å². The van der Waals surface area contributed by atoms with E-state index < -0.39 is 0 Å². The number of likely N-dealkylation sites (tertiary alicyclic amines) is 1. The summed E-state index contributed by atoms with van der Waals surface area (Å²) in [7, 11) is 0. The van der Waals surface area contributed by atoms with Crippen molar-refractivity contribution >= 4 is 5.91 Å². The van der Waals surface area contributed by atoms with Crippen molar-refractivity contribution in [1.82, 2.24) is 9.80 Å². The fraction of sp³-hybridized carbons (Fsp3) is 0.941. The lowest BCUT2D eigenvalue weighted by molar-refractivity contribution is -0.133. The highest BCUT2D eigenvalue weighted by atomic mass is 16.2. The average Bonchev–Trinajstić information content (AvgIpc) is 3.02. The maximum absolute atomic E-state index is 12.5. The number of rotatable bonds is 6. The van der Waals surface area contributed by atoms with Crippen molar-refractivity contribution in [2.24, 2.45) is 11.7 Å². The molecule has 1 saturated carbocycles. The molecule has 4 nitrogen and oxygen atoms in total. The first kappa shape index (κ1) is 16.8. The molecule has 0 aromatic heterocycles. The smallest absolute Gasteiger partial charge is 0.236 e. The average molecular weight is 295 g/mol. The summed E-state index contributed by atoms with van der Waals surface area (Å²) < 4.78 is 0. The number of amides is 1. The highest BCUT2D eigenvalue weighted by molar-refractivity contribution is 5.78. The topological polar surface area (TPSA) is 49.6 Å². The number of hydrogen-bond acceptors (Lipinski definition) is 3. The molecule has 1 amide bonds. The summed E-state index contributed by atoms with van der Waals surface area (Å²) in [6.07, 6.45) is 8.21. The lowest BCUT2D eigenvalue weighted by Gasteiger charge is -2.47. The van der Waals surface area contributed by atoms with Gasteiger partial charge in [0.05, 0.1) is 6.54 Å². The molecule has 0 bridgehead atoms. The summed E-state index contributed by atoms with van der Waals surface area (Å²) in [4.78, 5) is 17.0. The van der Waals surface area contributed by atoms with Crippen LogP contribution in [-0.4, -0.2) is 54.0 Å². The van der Waals surface area contributed by atoms with Gasteiger partial charge in [0.2, 0.25) is 5.91 Å². The van der Waals surface area contributed by atoms with Gasteiger partial charge in [0.25, 0.3) is 0 Å². The number of hydrogen-bond donors (Lipinski definition) is 1. The Morgan fingerprint density at radius 2 is 1.90 bits per heavy atom. The number of carbonyl (C=O) groups is 1. The second-order valence-electron chi connectivity index (χ2n) is 7.12. The minimum Gasteiger partial charge on any atom is -0.342 e. The van der Waals surface area contributed by atoms with Crippen molar-refractivity contribution in [2.75, 3.05) is 32.7 Å². The molecule has 1 aliphatic heterocycles. The summed E-state index contributed by atoms with van der Waals surface area (Å²) in [6.45, 7) is 8.68. The monoisotopic (exact) mass is 295 g/mol. The molecule has 122 valence electrons. The van der Waals surface area contributed by atoms with Crippen LogP contribution >= 0.6 is 0 Å². The van der Waals surface area contributed by atoms with Crippen molar-refractivity contribution in [3.8, 4) is 0 Å². The van der Waals surface area contributed by atoms with Crippen LogP contribution in [0, 0.1) is 5.92 Å². The predicted octanol–water partition coefficient (Wildman–Crippen LogP) is 2.23. The summed E-state index contributed by atoms with van der Waals surface area (Å²) in [6, 6.07) is 0. The highest BCUT2D eigenvalue weighted by Crippen LogP contribution is 2.36. The molecular formula is C17H33N3O. The van der Waals surface area contributed by atoms with Crippen LogP contribution in [0.25, 0.3) is 0 Å². The Hall–Kier alpha value is -0.610. The second kappa shape index (κ2) is 7.59. The van der Waals surface area contributed by atoms with Gasteiger partial charge in [-0.25, -0.2) is 0 Å². The Labute approximate surface area is 130 Å². The Kier molecular flexibility index (Phi) is 6.06. The highest BCUT2D eigenvalue weighted by Gasteiger charge is 2.39. The first-order valence-electron chi connectivity index (χ1n) is 8.84. The molecule has 0 radical (unpaired) electrons. The summed E-state index contributed by atoms with van der Waals surface area (Å²) in [5.74, 6) is 1.12. The van der Waals surface area contributed by atoms with Crippen molar-refractivity contribution in [3.63, 3.8) is 0 Å². The van der Waals surface area contributed by atoms with Crippen LogP contribution in [0.2, 0.25) is 0 Å². The van der Waals surface area contributed by atoms with Crippen molar-refractivity contribution in [1.29, 1.82) is 0 Å². The van der Waals surface area contributed by atoms with Crippen LogP contribution in [0.15, 0.2) is 0 Å². The minimum atomic E-state index is 0.0674. The van der Waals surface area contributed by atoms with Gasteiger partial charge in [-0.3, -0.25) is 9.69 Å². The van der Waals surface area contributed by atoms with Crippen molar-refractivity contribution in [3.05, 3.63) is 0 Å². The molecule has 1 saturated heterocycles. The normalized spacial score (nSPS) is 30.1. The van der Waals surface area contributed by atoms with Gasteiger partial charge in [-0.2, -0.15) is 0 Å². The molecule has 2 N–H and O–H groups in total. The third-order valence-electron chi connectivity index (χ3n) is 5.53. The molecule has 0 spiro atoms. The SMILES string of the molecule is CCCN(CC(=O)N1CCCC1)C1(CN)CCC(C)CC1. The van der Waals surface area contributed by atoms with Crippen LogP contribution < -0.4 is 5.73 Å². The molecule has 4 heteroatoms. The Morgan fingerprint density at radius 1 is 1.29 bits per heavy atom. The fourth-order valence-electron chi connectivity index (χ4n) is 3.93. The van der Waals surface area contributed by atoms with E-state index in [4.69, 9.17) is 5.73 Å². The van der Waals surface area contributed by atoms with Gasteiger partial charge in [0.15, 0.2) is 0 Å². The first-order valence-corrected chi connectivity index (χ1v) is 8.84. The summed E-state index contributed by atoms with van der Waals surface area (Å²) in [5.41, 5.74) is 6.24. The molecule has 1 heterocycles. The molecule has 0 aromatic rings. The molecule has 0 atom stereocenters. The number of nitrogens with two attached hydrogens (primary N) is 1. The maximum atomic E-state index is 12.5. The van der Waals surface area contributed by atoms with Gasteiger partial charge in [-0.1, -0.05) is 13.8 Å². The first-order chi connectivity index (χ1) is 10.1. The molecule has 0 aromatic carbocycles. The van der Waals surface area contributed by atoms with Gasteiger partial charge in [-0.15, -0.1) is 0 Å². The van der Waals surface area contributed by atoms with Gasteiger partial charge in [0.1, 0.15) is 0 Å². The van der Waals surface area contributed by atoms with Crippen molar-refractivity contribution in [2.45, 2.75) is 64.3 Å².